The second kappa shape index (κ2) is 6.76. The Bertz CT molecular complexity index is 798. The molecule has 2 amide bonds. The van der Waals surface area contributed by atoms with E-state index in [4.69, 9.17) is 0 Å². The lowest BCUT2D eigenvalue weighted by atomic mass is 10.2. The normalized spacial score (nSPS) is 12.1. The number of aliphatic hydroxyl groups excluding tert-OH is 1. The van der Waals surface area contributed by atoms with E-state index in [1.807, 2.05) is 37.3 Å². The van der Waals surface area contributed by atoms with Gasteiger partial charge in [-0.25, -0.2) is 4.79 Å². The molecule has 0 saturated carbocycles. The van der Waals surface area contributed by atoms with E-state index < -0.39 is 6.10 Å². The molecule has 6 heteroatoms. The van der Waals surface area contributed by atoms with Crippen LogP contribution in [0.5, 0.6) is 0 Å². The molecule has 1 unspecified atom stereocenters. The molecular formula is C17H17N3O2S. The van der Waals surface area contributed by atoms with E-state index in [0.717, 1.165) is 20.7 Å². The Labute approximate surface area is 138 Å². The maximum absolute atomic E-state index is 11.9. The van der Waals surface area contributed by atoms with Crippen molar-refractivity contribution in [2.75, 3.05) is 11.9 Å². The van der Waals surface area contributed by atoms with E-state index in [9.17, 15) is 9.90 Å². The minimum Gasteiger partial charge on any atom is -0.386 e. The van der Waals surface area contributed by atoms with E-state index in [1.165, 1.54) is 11.3 Å². The standard InChI is InChI=1S/C17H17N3O2S/c1-11-8-13(6-7-18-11)20-17(22)19-10-14(21)16-9-12-4-2-3-5-15(12)23-16/h2-9,14,21H,10H2,1H3,(H2,18,19,20,22). The highest BCUT2D eigenvalue weighted by molar-refractivity contribution is 7.19. The summed E-state index contributed by atoms with van der Waals surface area (Å²) in [6, 6.07) is 13.1. The van der Waals surface area contributed by atoms with Crippen LogP contribution in [-0.2, 0) is 0 Å². The fourth-order valence-corrected chi connectivity index (χ4v) is 3.31. The van der Waals surface area contributed by atoms with Gasteiger partial charge >= 0.3 is 6.03 Å². The first-order valence-corrected chi connectivity index (χ1v) is 8.07. The Balaban J connectivity index is 1.57. The third-order valence-corrected chi connectivity index (χ3v) is 4.60. The quantitative estimate of drug-likeness (QED) is 0.687. The molecule has 2 heterocycles. The average molecular weight is 327 g/mol. The van der Waals surface area contributed by atoms with Crippen molar-refractivity contribution in [2.45, 2.75) is 13.0 Å². The molecule has 0 aliphatic rings. The molecule has 1 aromatic carbocycles. The highest BCUT2D eigenvalue weighted by Gasteiger charge is 2.12. The summed E-state index contributed by atoms with van der Waals surface area (Å²) in [5, 5.41) is 16.7. The molecule has 23 heavy (non-hydrogen) atoms. The Morgan fingerprint density at radius 1 is 1.30 bits per heavy atom. The first kappa shape index (κ1) is 15.5. The molecule has 0 aliphatic heterocycles. The Morgan fingerprint density at radius 2 is 2.13 bits per heavy atom. The molecule has 3 rings (SSSR count). The zero-order chi connectivity index (χ0) is 16.2. The predicted octanol–water partition coefficient (Wildman–Crippen LogP) is 3.46. The minimum absolute atomic E-state index is 0.155. The van der Waals surface area contributed by atoms with Gasteiger partial charge in [-0.15, -0.1) is 11.3 Å². The van der Waals surface area contributed by atoms with Crippen molar-refractivity contribution >= 4 is 33.1 Å². The SMILES string of the molecule is Cc1cc(NC(=O)NCC(O)c2cc3ccccc3s2)ccn1. The highest BCUT2D eigenvalue weighted by atomic mass is 32.1. The molecule has 0 saturated heterocycles. The summed E-state index contributed by atoms with van der Waals surface area (Å²) >= 11 is 1.53. The summed E-state index contributed by atoms with van der Waals surface area (Å²) in [5.41, 5.74) is 1.50. The lowest BCUT2D eigenvalue weighted by molar-refractivity contribution is 0.178. The van der Waals surface area contributed by atoms with Crippen LogP contribution in [0.25, 0.3) is 10.1 Å². The van der Waals surface area contributed by atoms with Crippen LogP contribution in [-0.4, -0.2) is 22.7 Å². The smallest absolute Gasteiger partial charge is 0.319 e. The average Bonchev–Trinajstić information content (AvgIpc) is 2.97. The number of aryl methyl sites for hydroxylation is 1. The largest absolute Gasteiger partial charge is 0.386 e. The number of carbonyl (C=O) groups is 1. The first-order chi connectivity index (χ1) is 11.1. The Morgan fingerprint density at radius 3 is 2.91 bits per heavy atom. The monoisotopic (exact) mass is 327 g/mol. The third-order valence-electron chi connectivity index (χ3n) is 3.38. The van der Waals surface area contributed by atoms with Gasteiger partial charge in [0.05, 0.1) is 6.54 Å². The van der Waals surface area contributed by atoms with Crippen LogP contribution >= 0.6 is 11.3 Å². The van der Waals surface area contributed by atoms with Crippen LogP contribution in [0.1, 0.15) is 16.7 Å². The summed E-state index contributed by atoms with van der Waals surface area (Å²) in [5.74, 6) is 0. The number of hydrogen-bond donors (Lipinski definition) is 3. The van der Waals surface area contributed by atoms with Gasteiger partial charge in [-0.1, -0.05) is 18.2 Å². The number of nitrogens with one attached hydrogen (secondary N) is 2. The molecular weight excluding hydrogens is 310 g/mol. The molecule has 0 radical (unpaired) electrons. The number of carbonyl (C=O) groups excluding carboxylic acids is 1. The molecule has 0 bridgehead atoms. The second-order valence-electron chi connectivity index (χ2n) is 5.22. The maximum Gasteiger partial charge on any atom is 0.319 e. The fraction of sp³-hybridized carbons (Fsp3) is 0.176. The van der Waals surface area contributed by atoms with Crippen LogP contribution in [0.15, 0.2) is 48.7 Å². The summed E-state index contributed by atoms with van der Waals surface area (Å²) < 4.78 is 1.12. The molecule has 3 N–H and O–H groups in total. The summed E-state index contributed by atoms with van der Waals surface area (Å²) in [7, 11) is 0. The van der Waals surface area contributed by atoms with Crippen LogP contribution in [0, 0.1) is 6.92 Å². The van der Waals surface area contributed by atoms with Crippen molar-refractivity contribution in [1.82, 2.24) is 10.3 Å². The molecule has 0 spiro atoms. The fourth-order valence-electron chi connectivity index (χ4n) is 2.26. The van der Waals surface area contributed by atoms with Gasteiger partial charge in [0.1, 0.15) is 6.10 Å². The predicted molar refractivity (Wildman–Crippen MR) is 92.8 cm³/mol. The van der Waals surface area contributed by atoms with Crippen molar-refractivity contribution in [2.24, 2.45) is 0 Å². The Hall–Kier alpha value is -2.44. The van der Waals surface area contributed by atoms with Gasteiger partial charge in [-0.05, 0) is 36.6 Å². The first-order valence-electron chi connectivity index (χ1n) is 7.26. The van der Waals surface area contributed by atoms with Crippen LogP contribution in [0.3, 0.4) is 0 Å². The molecule has 118 valence electrons. The highest BCUT2D eigenvalue weighted by Crippen LogP contribution is 2.29. The van der Waals surface area contributed by atoms with Crippen LogP contribution in [0.4, 0.5) is 10.5 Å². The number of aromatic nitrogens is 1. The number of aliphatic hydroxyl groups is 1. The number of nitrogens with zero attached hydrogens (tertiary/aromatic N) is 1. The zero-order valence-corrected chi connectivity index (χ0v) is 13.4. The van der Waals surface area contributed by atoms with Crippen LogP contribution in [0.2, 0.25) is 0 Å². The summed E-state index contributed by atoms with van der Waals surface area (Å²) in [4.78, 5) is 16.8. The molecule has 1 atom stereocenters. The number of amides is 2. The van der Waals surface area contributed by atoms with Crippen molar-refractivity contribution in [3.63, 3.8) is 0 Å². The van der Waals surface area contributed by atoms with Gasteiger partial charge in [0.15, 0.2) is 0 Å². The van der Waals surface area contributed by atoms with Gasteiger partial charge in [-0.2, -0.15) is 0 Å². The zero-order valence-electron chi connectivity index (χ0n) is 12.6. The minimum atomic E-state index is -0.725. The molecule has 2 aromatic heterocycles. The summed E-state index contributed by atoms with van der Waals surface area (Å²) in [6.07, 6.45) is 0.911. The van der Waals surface area contributed by atoms with Gasteiger partial charge in [0, 0.05) is 27.2 Å². The van der Waals surface area contributed by atoms with Gasteiger partial charge in [0.2, 0.25) is 0 Å². The number of rotatable bonds is 4. The Kier molecular flexibility index (Phi) is 4.55. The van der Waals surface area contributed by atoms with Crippen molar-refractivity contribution in [3.05, 3.63) is 59.2 Å². The van der Waals surface area contributed by atoms with Crippen molar-refractivity contribution in [3.8, 4) is 0 Å². The van der Waals surface area contributed by atoms with E-state index in [0.29, 0.717) is 5.69 Å². The number of fused-ring (bicyclic) bond motifs is 1. The molecule has 3 aromatic rings. The molecule has 0 fully saturated rings. The van der Waals surface area contributed by atoms with E-state index in [2.05, 4.69) is 15.6 Å². The molecule has 0 aliphatic carbocycles. The number of benzene rings is 1. The number of urea groups is 1. The lowest BCUT2D eigenvalue weighted by Gasteiger charge is -2.11. The van der Waals surface area contributed by atoms with E-state index in [1.54, 1.807) is 18.3 Å². The number of thiophene rings is 1. The number of pyridine rings is 1. The van der Waals surface area contributed by atoms with Gasteiger partial charge < -0.3 is 15.7 Å². The van der Waals surface area contributed by atoms with Crippen molar-refractivity contribution < 1.29 is 9.90 Å². The maximum atomic E-state index is 11.9. The number of anilines is 1. The number of hydrogen-bond acceptors (Lipinski definition) is 4. The van der Waals surface area contributed by atoms with Gasteiger partial charge in [-0.3, -0.25) is 4.98 Å². The van der Waals surface area contributed by atoms with E-state index in [-0.39, 0.29) is 12.6 Å². The third kappa shape index (κ3) is 3.85. The van der Waals surface area contributed by atoms with E-state index >= 15 is 0 Å². The topological polar surface area (TPSA) is 74.2 Å². The van der Waals surface area contributed by atoms with Gasteiger partial charge in [0.25, 0.3) is 0 Å². The lowest BCUT2D eigenvalue weighted by Crippen LogP contribution is -2.32. The van der Waals surface area contributed by atoms with Crippen molar-refractivity contribution in [1.29, 1.82) is 0 Å². The second-order valence-corrected chi connectivity index (χ2v) is 6.34. The summed E-state index contributed by atoms with van der Waals surface area (Å²) in [6.45, 7) is 2.01. The van der Waals surface area contributed by atoms with Crippen LogP contribution < -0.4 is 10.6 Å². The molecule has 5 nitrogen and oxygen atoms in total.